The Hall–Kier alpha value is -0.0900. The summed E-state index contributed by atoms with van der Waals surface area (Å²) in [7, 11) is 0. The average Bonchev–Trinajstić information content (AvgIpc) is 1.65. The van der Waals surface area contributed by atoms with Crippen LogP contribution in [0, 0.1) is 0 Å². The van der Waals surface area contributed by atoms with Crippen molar-refractivity contribution in [3.8, 4) is 0 Å². The summed E-state index contributed by atoms with van der Waals surface area (Å²) < 4.78 is 0. The standard InChI is InChI=1S/C2H5BrN2O/c3-1-2(6)5-4/h1,4H2,(H,5,6). The SMILES string of the molecule is NNC(=O)CBr. The average molecular weight is 153 g/mol. The van der Waals surface area contributed by atoms with Crippen molar-refractivity contribution in [1.82, 2.24) is 5.43 Å². The van der Waals surface area contributed by atoms with Gasteiger partial charge in [0.15, 0.2) is 0 Å². The highest BCUT2D eigenvalue weighted by Crippen LogP contribution is 1.73. The van der Waals surface area contributed by atoms with Crippen LogP contribution >= 0.6 is 15.9 Å². The normalized spacial score (nSPS) is 7.67. The van der Waals surface area contributed by atoms with Gasteiger partial charge >= 0.3 is 0 Å². The third kappa shape index (κ3) is 2.17. The number of hydrogen-bond donors (Lipinski definition) is 2. The van der Waals surface area contributed by atoms with Gasteiger partial charge in [-0.05, 0) is 0 Å². The molecule has 0 saturated heterocycles. The molecule has 3 N–H and O–H groups in total. The number of halogens is 1. The summed E-state index contributed by atoms with van der Waals surface area (Å²) in [6.45, 7) is 0. The molecule has 0 rings (SSSR count). The molecule has 0 aromatic carbocycles. The highest BCUT2D eigenvalue weighted by molar-refractivity contribution is 9.09. The van der Waals surface area contributed by atoms with Crippen LogP contribution in [0.25, 0.3) is 0 Å². The van der Waals surface area contributed by atoms with Crippen molar-refractivity contribution >= 4 is 21.8 Å². The molecule has 6 heavy (non-hydrogen) atoms. The van der Waals surface area contributed by atoms with Gasteiger partial charge in [-0.25, -0.2) is 5.84 Å². The van der Waals surface area contributed by atoms with Gasteiger partial charge in [-0.2, -0.15) is 0 Å². The van der Waals surface area contributed by atoms with Gasteiger partial charge in [0.2, 0.25) is 5.91 Å². The molecule has 0 aliphatic heterocycles. The molecule has 0 unspecified atom stereocenters. The van der Waals surface area contributed by atoms with Gasteiger partial charge in [-0.1, -0.05) is 15.9 Å². The molecule has 0 atom stereocenters. The molecule has 0 aliphatic rings. The van der Waals surface area contributed by atoms with Gasteiger partial charge in [0, 0.05) is 0 Å². The van der Waals surface area contributed by atoms with E-state index >= 15 is 0 Å². The fourth-order valence-electron chi connectivity index (χ4n) is 0.0386. The lowest BCUT2D eigenvalue weighted by atomic mass is 10.8. The molecule has 0 aromatic rings. The van der Waals surface area contributed by atoms with Crippen molar-refractivity contribution < 1.29 is 4.79 Å². The van der Waals surface area contributed by atoms with Gasteiger partial charge in [0.1, 0.15) is 0 Å². The Balaban J connectivity index is 2.99. The van der Waals surface area contributed by atoms with Crippen molar-refractivity contribution in [2.45, 2.75) is 0 Å². The zero-order valence-corrected chi connectivity index (χ0v) is 4.66. The summed E-state index contributed by atoms with van der Waals surface area (Å²) >= 11 is 2.88. The zero-order valence-electron chi connectivity index (χ0n) is 3.07. The Bertz CT molecular complexity index is 49.5. The third-order valence-electron chi connectivity index (χ3n) is 0.282. The van der Waals surface area contributed by atoms with E-state index in [0.717, 1.165) is 0 Å². The smallest absolute Gasteiger partial charge is 0.244 e. The minimum atomic E-state index is -0.213. The summed E-state index contributed by atoms with van der Waals surface area (Å²) in [6, 6.07) is 0. The summed E-state index contributed by atoms with van der Waals surface area (Å²) in [4.78, 5) is 9.90. The number of hydrogen-bond acceptors (Lipinski definition) is 2. The highest BCUT2D eigenvalue weighted by Gasteiger charge is 1.86. The highest BCUT2D eigenvalue weighted by atomic mass is 79.9. The molecule has 0 radical (unpaired) electrons. The zero-order chi connectivity index (χ0) is 4.99. The Morgan fingerprint density at radius 3 is 2.50 bits per heavy atom. The number of carbonyl (C=O) groups excluding carboxylic acids is 1. The predicted molar refractivity (Wildman–Crippen MR) is 26.1 cm³/mol. The Labute approximate surface area is 44.0 Å². The summed E-state index contributed by atoms with van der Waals surface area (Å²) in [5, 5.41) is 0.267. The number of hydrazine groups is 1. The number of nitrogens with two attached hydrogens (primary N) is 1. The Morgan fingerprint density at radius 1 is 2.00 bits per heavy atom. The maximum Gasteiger partial charge on any atom is 0.244 e. The first-order chi connectivity index (χ1) is 2.81. The fraction of sp³-hybridized carbons (Fsp3) is 0.500. The number of alkyl halides is 1. The van der Waals surface area contributed by atoms with Crippen LogP contribution in [0.4, 0.5) is 0 Å². The van der Waals surface area contributed by atoms with Crippen LogP contribution in [0.5, 0.6) is 0 Å². The molecule has 0 heterocycles. The van der Waals surface area contributed by atoms with Crippen molar-refractivity contribution in [3.63, 3.8) is 0 Å². The van der Waals surface area contributed by atoms with Gasteiger partial charge in [0.25, 0.3) is 0 Å². The number of carbonyl (C=O) groups is 1. The molecule has 0 aliphatic carbocycles. The van der Waals surface area contributed by atoms with E-state index in [1.54, 1.807) is 0 Å². The monoisotopic (exact) mass is 152 g/mol. The third-order valence-corrected chi connectivity index (χ3v) is 0.792. The fourth-order valence-corrected chi connectivity index (χ4v) is 0.200. The van der Waals surface area contributed by atoms with Gasteiger partial charge in [-0.15, -0.1) is 0 Å². The number of nitrogens with one attached hydrogen (secondary N) is 1. The summed E-state index contributed by atoms with van der Waals surface area (Å²) in [5.41, 5.74) is 1.93. The summed E-state index contributed by atoms with van der Waals surface area (Å²) in [5.74, 6) is 4.44. The van der Waals surface area contributed by atoms with E-state index in [2.05, 4.69) is 21.8 Å². The van der Waals surface area contributed by atoms with E-state index < -0.39 is 0 Å². The molecule has 1 amide bonds. The molecule has 0 aromatic heterocycles. The molecule has 0 bridgehead atoms. The van der Waals surface area contributed by atoms with E-state index in [1.165, 1.54) is 0 Å². The minimum absolute atomic E-state index is 0.213. The second-order valence-electron chi connectivity index (χ2n) is 0.701. The summed E-state index contributed by atoms with van der Waals surface area (Å²) in [6.07, 6.45) is 0. The topological polar surface area (TPSA) is 55.1 Å². The van der Waals surface area contributed by atoms with Crippen molar-refractivity contribution in [2.75, 3.05) is 5.33 Å². The van der Waals surface area contributed by atoms with E-state index in [4.69, 9.17) is 0 Å². The number of amides is 1. The molecule has 4 heteroatoms. The second kappa shape index (κ2) is 3.11. The van der Waals surface area contributed by atoms with Crippen LogP contribution in [-0.2, 0) is 4.79 Å². The first kappa shape index (κ1) is 5.91. The molecular weight excluding hydrogens is 148 g/mol. The quantitative estimate of drug-likeness (QED) is 0.228. The maximum atomic E-state index is 9.90. The van der Waals surface area contributed by atoms with E-state index in [9.17, 15) is 4.79 Å². The predicted octanol–water partition coefficient (Wildman–Crippen LogP) is -0.629. The lowest BCUT2D eigenvalue weighted by molar-refractivity contribution is -0.118. The first-order valence-electron chi connectivity index (χ1n) is 1.36. The molecule has 0 fully saturated rings. The molecule has 3 nitrogen and oxygen atoms in total. The van der Waals surface area contributed by atoms with Crippen LogP contribution in [0.2, 0.25) is 0 Å². The van der Waals surface area contributed by atoms with Crippen LogP contribution in [0.3, 0.4) is 0 Å². The lowest BCUT2D eigenvalue weighted by Gasteiger charge is -1.86. The Kier molecular flexibility index (Phi) is 3.07. The van der Waals surface area contributed by atoms with Crippen LogP contribution in [-0.4, -0.2) is 11.2 Å². The first-order valence-corrected chi connectivity index (χ1v) is 2.49. The van der Waals surface area contributed by atoms with Crippen LogP contribution in [0.1, 0.15) is 0 Å². The van der Waals surface area contributed by atoms with Crippen molar-refractivity contribution in [3.05, 3.63) is 0 Å². The van der Waals surface area contributed by atoms with Crippen LogP contribution in [0.15, 0.2) is 0 Å². The van der Waals surface area contributed by atoms with E-state index in [0.29, 0.717) is 0 Å². The van der Waals surface area contributed by atoms with E-state index in [-0.39, 0.29) is 11.2 Å². The molecule has 36 valence electrons. The van der Waals surface area contributed by atoms with Gasteiger partial charge in [0.05, 0.1) is 5.33 Å². The number of rotatable bonds is 1. The molecule has 0 saturated carbocycles. The lowest BCUT2D eigenvalue weighted by Crippen LogP contribution is -2.30. The van der Waals surface area contributed by atoms with Crippen LogP contribution < -0.4 is 11.3 Å². The maximum absolute atomic E-state index is 9.90. The second-order valence-corrected chi connectivity index (χ2v) is 1.26. The molecular formula is C2H5BrN2O. The van der Waals surface area contributed by atoms with E-state index in [1.807, 2.05) is 5.43 Å². The van der Waals surface area contributed by atoms with Gasteiger partial charge < -0.3 is 0 Å². The minimum Gasteiger partial charge on any atom is -0.294 e. The van der Waals surface area contributed by atoms with Crippen molar-refractivity contribution in [1.29, 1.82) is 0 Å². The molecule has 0 spiro atoms. The largest absolute Gasteiger partial charge is 0.294 e. The van der Waals surface area contributed by atoms with Crippen molar-refractivity contribution in [2.24, 2.45) is 5.84 Å². The Morgan fingerprint density at radius 2 is 2.50 bits per heavy atom. The van der Waals surface area contributed by atoms with Gasteiger partial charge in [-0.3, -0.25) is 10.2 Å².